The van der Waals surface area contributed by atoms with Crippen LogP contribution in [0.5, 0.6) is 5.75 Å². The van der Waals surface area contributed by atoms with Crippen molar-refractivity contribution in [3.8, 4) is 16.9 Å². The fraction of sp³-hybridized carbons (Fsp3) is 0.147. The number of hydrogen-bond acceptors (Lipinski definition) is 6. The second kappa shape index (κ2) is 12.3. The Morgan fingerprint density at radius 3 is 2.10 bits per heavy atom. The Morgan fingerprint density at radius 1 is 0.800 bits per heavy atom. The number of hydrogen-bond donors (Lipinski definition) is 0. The maximum Gasteiger partial charge on any atom is 0.344 e. The summed E-state index contributed by atoms with van der Waals surface area (Å²) in [5, 5.41) is 0.709. The molecule has 1 unspecified atom stereocenters. The van der Waals surface area contributed by atoms with E-state index in [1.165, 1.54) is 0 Å². The number of aryl methyl sites for hydroxylation is 1. The third-order valence-corrected chi connectivity index (χ3v) is 6.71. The van der Waals surface area contributed by atoms with Gasteiger partial charge in [-0.1, -0.05) is 91.0 Å². The van der Waals surface area contributed by atoms with E-state index in [-0.39, 0.29) is 18.8 Å². The number of carbonyl (C=O) groups is 2. The first kappa shape index (κ1) is 26.6. The molecule has 0 aliphatic rings. The molecule has 1 heterocycles. The molecule has 0 amide bonds. The summed E-state index contributed by atoms with van der Waals surface area (Å²) < 4.78 is 16.9. The lowest BCUT2D eigenvalue weighted by Crippen LogP contribution is -2.26. The van der Waals surface area contributed by atoms with E-state index >= 15 is 0 Å². The molecule has 0 fully saturated rings. The molecule has 0 radical (unpaired) electrons. The van der Waals surface area contributed by atoms with Gasteiger partial charge in [0.15, 0.2) is 0 Å². The third-order valence-electron chi connectivity index (χ3n) is 6.71. The molecule has 1 atom stereocenters. The summed E-state index contributed by atoms with van der Waals surface area (Å²) in [4.78, 5) is 38.9. The number of esters is 2. The van der Waals surface area contributed by atoms with Gasteiger partial charge in [-0.2, -0.15) is 0 Å². The van der Waals surface area contributed by atoms with E-state index < -0.39 is 23.5 Å². The molecule has 0 saturated carbocycles. The lowest BCUT2D eigenvalue weighted by molar-refractivity contribution is -0.151. The summed E-state index contributed by atoms with van der Waals surface area (Å²) in [5.41, 5.74) is 3.36. The summed E-state index contributed by atoms with van der Waals surface area (Å²) >= 11 is 0. The molecule has 1 aromatic heterocycles. The second-order valence-corrected chi connectivity index (χ2v) is 9.58. The maximum atomic E-state index is 13.4. The van der Waals surface area contributed by atoms with Gasteiger partial charge in [-0.25, -0.2) is 4.79 Å². The summed E-state index contributed by atoms with van der Waals surface area (Å²) in [6.07, 6.45) is 0.172. The predicted molar refractivity (Wildman–Crippen MR) is 153 cm³/mol. The molecule has 40 heavy (non-hydrogen) atoms. The second-order valence-electron chi connectivity index (χ2n) is 9.58. The van der Waals surface area contributed by atoms with Crippen LogP contribution in [0.15, 0.2) is 118 Å². The first-order valence-electron chi connectivity index (χ1n) is 13.1. The molecular formula is C34H28O6. The molecule has 4 aromatic carbocycles. The summed E-state index contributed by atoms with van der Waals surface area (Å²) in [7, 11) is 0. The highest BCUT2D eigenvalue weighted by Gasteiger charge is 2.26. The molecular weight excluding hydrogens is 504 g/mol. The lowest BCUT2D eigenvalue weighted by atomic mass is 9.96. The van der Waals surface area contributed by atoms with Gasteiger partial charge < -0.3 is 13.9 Å². The van der Waals surface area contributed by atoms with E-state index in [2.05, 4.69) is 0 Å². The van der Waals surface area contributed by atoms with Crippen LogP contribution in [0.25, 0.3) is 22.1 Å². The summed E-state index contributed by atoms with van der Waals surface area (Å²) in [6, 6.07) is 33.3. The first-order valence-corrected chi connectivity index (χ1v) is 13.1. The molecule has 0 saturated heterocycles. The van der Waals surface area contributed by atoms with E-state index in [1.54, 1.807) is 25.1 Å². The van der Waals surface area contributed by atoms with Gasteiger partial charge in [0.25, 0.3) is 0 Å². The first-order chi connectivity index (χ1) is 19.5. The van der Waals surface area contributed by atoms with Gasteiger partial charge in [0, 0.05) is 10.9 Å². The van der Waals surface area contributed by atoms with Gasteiger partial charge in [-0.05, 0) is 48.2 Å². The van der Waals surface area contributed by atoms with E-state index in [9.17, 15) is 14.4 Å². The van der Waals surface area contributed by atoms with Crippen molar-refractivity contribution in [1.29, 1.82) is 0 Å². The van der Waals surface area contributed by atoms with Crippen molar-refractivity contribution in [3.63, 3.8) is 0 Å². The standard InChI is InChI=1S/C34H28O6/c1-23-30(18-17-27-20-29(34(37)40-32(23)27)26-15-9-4-10-16-26)39-33(36)28(19-24-11-5-2-6-12-24)21-31(35)38-22-25-13-7-3-8-14-25/h2-18,20,28H,19,21-22H2,1H3. The highest BCUT2D eigenvalue weighted by molar-refractivity contribution is 5.87. The Labute approximate surface area is 231 Å². The number of ether oxygens (including phenoxy) is 2. The highest BCUT2D eigenvalue weighted by Crippen LogP contribution is 2.30. The molecule has 0 aliphatic carbocycles. The fourth-order valence-corrected chi connectivity index (χ4v) is 4.56. The molecule has 6 nitrogen and oxygen atoms in total. The SMILES string of the molecule is Cc1c(OC(=O)C(CC(=O)OCc2ccccc2)Cc2ccccc2)ccc2cc(-c3ccccc3)c(=O)oc12. The molecule has 5 rings (SSSR count). The number of benzene rings is 4. The van der Waals surface area contributed by atoms with Gasteiger partial charge in [-0.3, -0.25) is 9.59 Å². The average molecular weight is 533 g/mol. The highest BCUT2D eigenvalue weighted by atomic mass is 16.5. The van der Waals surface area contributed by atoms with Crippen molar-refractivity contribution in [2.75, 3.05) is 0 Å². The van der Waals surface area contributed by atoms with Crippen LogP contribution < -0.4 is 10.4 Å². The summed E-state index contributed by atoms with van der Waals surface area (Å²) in [6.45, 7) is 1.86. The van der Waals surface area contributed by atoms with Crippen LogP contribution in [-0.4, -0.2) is 11.9 Å². The largest absolute Gasteiger partial charge is 0.461 e. The van der Waals surface area contributed by atoms with Crippen LogP contribution >= 0.6 is 0 Å². The van der Waals surface area contributed by atoms with Gasteiger partial charge in [0.2, 0.25) is 0 Å². The maximum absolute atomic E-state index is 13.4. The molecule has 5 aromatic rings. The van der Waals surface area contributed by atoms with Crippen LogP contribution in [-0.2, 0) is 27.4 Å². The van der Waals surface area contributed by atoms with Gasteiger partial charge in [-0.15, -0.1) is 0 Å². The zero-order valence-corrected chi connectivity index (χ0v) is 22.0. The van der Waals surface area contributed by atoms with E-state index in [0.717, 1.165) is 16.7 Å². The number of carbonyl (C=O) groups excluding carboxylic acids is 2. The minimum Gasteiger partial charge on any atom is -0.461 e. The van der Waals surface area contributed by atoms with Gasteiger partial charge in [0.1, 0.15) is 17.9 Å². The molecule has 0 bridgehead atoms. The van der Waals surface area contributed by atoms with Crippen molar-refractivity contribution < 1.29 is 23.5 Å². The Bertz CT molecular complexity index is 1670. The van der Waals surface area contributed by atoms with E-state index in [0.29, 0.717) is 28.5 Å². The van der Waals surface area contributed by atoms with Crippen molar-refractivity contribution in [3.05, 3.63) is 136 Å². The van der Waals surface area contributed by atoms with Gasteiger partial charge >= 0.3 is 17.6 Å². The molecule has 0 N–H and O–H groups in total. The monoisotopic (exact) mass is 532 g/mol. The van der Waals surface area contributed by atoms with Crippen LogP contribution in [0.3, 0.4) is 0 Å². The normalized spacial score (nSPS) is 11.6. The van der Waals surface area contributed by atoms with E-state index in [1.807, 2.05) is 91.0 Å². The lowest BCUT2D eigenvalue weighted by Gasteiger charge is -2.17. The Morgan fingerprint density at radius 2 is 1.43 bits per heavy atom. The minimum absolute atomic E-state index is 0.126. The molecule has 0 aliphatic heterocycles. The average Bonchev–Trinajstić information content (AvgIpc) is 2.99. The fourth-order valence-electron chi connectivity index (χ4n) is 4.56. The van der Waals surface area contributed by atoms with Crippen LogP contribution in [0, 0.1) is 12.8 Å². The Hall–Kier alpha value is -4.97. The summed E-state index contributed by atoms with van der Waals surface area (Å²) in [5.74, 6) is -1.56. The zero-order chi connectivity index (χ0) is 27.9. The minimum atomic E-state index is -0.770. The third kappa shape index (κ3) is 6.35. The van der Waals surface area contributed by atoms with E-state index in [4.69, 9.17) is 13.9 Å². The van der Waals surface area contributed by atoms with Crippen LogP contribution in [0.4, 0.5) is 0 Å². The molecule has 6 heteroatoms. The molecule has 0 spiro atoms. The Kier molecular flexibility index (Phi) is 8.16. The smallest absolute Gasteiger partial charge is 0.344 e. The quantitative estimate of drug-likeness (QED) is 0.120. The van der Waals surface area contributed by atoms with Gasteiger partial charge in [0.05, 0.1) is 17.9 Å². The van der Waals surface area contributed by atoms with Crippen molar-refractivity contribution in [2.24, 2.45) is 5.92 Å². The number of rotatable bonds is 9. The van der Waals surface area contributed by atoms with Crippen molar-refractivity contribution >= 4 is 22.9 Å². The predicted octanol–water partition coefficient (Wildman–Crippen LogP) is 6.67. The van der Waals surface area contributed by atoms with Crippen molar-refractivity contribution in [2.45, 2.75) is 26.4 Å². The zero-order valence-electron chi connectivity index (χ0n) is 22.0. The van der Waals surface area contributed by atoms with Crippen LogP contribution in [0.2, 0.25) is 0 Å². The Balaban J connectivity index is 1.36. The topological polar surface area (TPSA) is 82.8 Å². The molecule has 200 valence electrons. The van der Waals surface area contributed by atoms with Crippen molar-refractivity contribution in [1.82, 2.24) is 0 Å². The number of fused-ring (bicyclic) bond motifs is 1. The van der Waals surface area contributed by atoms with Crippen LogP contribution in [0.1, 0.15) is 23.1 Å².